The zero-order valence-corrected chi connectivity index (χ0v) is 16.2. The maximum absolute atomic E-state index is 12.4. The number of ether oxygens (including phenoxy) is 1. The third-order valence-electron chi connectivity index (χ3n) is 4.75. The SMILES string of the molecule is COc1ccc(C)c(N2CCN(C(=O)CCCNC(=O)NC=O)C[C@@H]2C)c1. The molecule has 0 unspecified atom stereocenters. The molecule has 1 aromatic carbocycles. The number of aryl methyl sites for hydroxylation is 1. The summed E-state index contributed by atoms with van der Waals surface area (Å²) in [5.74, 6) is 0.911. The molecule has 148 valence electrons. The number of nitrogens with one attached hydrogen (secondary N) is 2. The van der Waals surface area contributed by atoms with Gasteiger partial charge in [-0.05, 0) is 31.9 Å². The van der Waals surface area contributed by atoms with Gasteiger partial charge in [-0.2, -0.15) is 0 Å². The number of imide groups is 1. The number of urea groups is 1. The summed E-state index contributed by atoms with van der Waals surface area (Å²) in [6, 6.07) is 5.69. The summed E-state index contributed by atoms with van der Waals surface area (Å²) in [5, 5.41) is 4.52. The Morgan fingerprint density at radius 1 is 1.33 bits per heavy atom. The van der Waals surface area contributed by atoms with Crippen molar-refractivity contribution < 1.29 is 19.1 Å². The first kappa shape index (κ1) is 20.5. The molecular weight excluding hydrogens is 348 g/mol. The average Bonchev–Trinajstić information content (AvgIpc) is 2.66. The standard InChI is InChI=1S/C19H28N4O4/c1-14-6-7-16(27-3)11-17(14)23-10-9-22(12-15(23)2)18(25)5-4-8-20-19(26)21-13-24/h6-7,11,13,15H,4-5,8-10,12H2,1-3H3,(H2,20,21,24,26)/t15-/m0/s1. The Morgan fingerprint density at radius 2 is 2.11 bits per heavy atom. The highest BCUT2D eigenvalue weighted by molar-refractivity contribution is 5.84. The van der Waals surface area contributed by atoms with Crippen LogP contribution in [0.1, 0.15) is 25.3 Å². The predicted octanol–water partition coefficient (Wildman–Crippen LogP) is 1.28. The van der Waals surface area contributed by atoms with Crippen molar-refractivity contribution >= 4 is 24.0 Å². The lowest BCUT2D eigenvalue weighted by Crippen LogP contribution is -2.54. The number of carbonyl (C=O) groups excluding carboxylic acids is 3. The summed E-state index contributed by atoms with van der Waals surface area (Å²) in [6.07, 6.45) is 1.23. The average molecular weight is 376 g/mol. The van der Waals surface area contributed by atoms with Crippen molar-refractivity contribution in [3.05, 3.63) is 23.8 Å². The number of methoxy groups -OCH3 is 1. The van der Waals surface area contributed by atoms with Crippen LogP contribution in [0.3, 0.4) is 0 Å². The Balaban J connectivity index is 1.84. The number of rotatable bonds is 7. The minimum absolute atomic E-state index is 0.0847. The van der Waals surface area contributed by atoms with Crippen molar-refractivity contribution in [3.63, 3.8) is 0 Å². The Hall–Kier alpha value is -2.77. The second-order valence-corrected chi connectivity index (χ2v) is 6.66. The topological polar surface area (TPSA) is 91.0 Å². The van der Waals surface area contributed by atoms with Crippen molar-refractivity contribution in [2.75, 3.05) is 38.2 Å². The number of piperazine rings is 1. The van der Waals surface area contributed by atoms with Crippen LogP contribution in [0.5, 0.6) is 5.75 Å². The molecule has 4 amide bonds. The number of amides is 4. The normalized spacial score (nSPS) is 16.6. The van der Waals surface area contributed by atoms with E-state index in [0.29, 0.717) is 38.9 Å². The van der Waals surface area contributed by atoms with Crippen LogP contribution in [-0.4, -0.2) is 62.6 Å². The molecule has 0 aliphatic carbocycles. The van der Waals surface area contributed by atoms with Crippen molar-refractivity contribution in [3.8, 4) is 5.75 Å². The van der Waals surface area contributed by atoms with Crippen molar-refractivity contribution in [2.24, 2.45) is 0 Å². The number of hydrogen-bond acceptors (Lipinski definition) is 5. The molecule has 1 aromatic rings. The molecule has 2 N–H and O–H groups in total. The van der Waals surface area contributed by atoms with E-state index < -0.39 is 6.03 Å². The van der Waals surface area contributed by atoms with E-state index in [1.54, 1.807) is 7.11 Å². The smallest absolute Gasteiger partial charge is 0.321 e. The minimum Gasteiger partial charge on any atom is -0.497 e. The molecule has 0 bridgehead atoms. The van der Waals surface area contributed by atoms with Crippen LogP contribution in [0.4, 0.5) is 10.5 Å². The van der Waals surface area contributed by atoms with Crippen LogP contribution in [0.15, 0.2) is 18.2 Å². The monoisotopic (exact) mass is 376 g/mol. The third-order valence-corrected chi connectivity index (χ3v) is 4.75. The van der Waals surface area contributed by atoms with Gasteiger partial charge in [-0.3, -0.25) is 14.9 Å². The fourth-order valence-electron chi connectivity index (χ4n) is 3.27. The molecule has 8 heteroatoms. The fourth-order valence-corrected chi connectivity index (χ4v) is 3.27. The van der Waals surface area contributed by atoms with E-state index in [1.807, 2.05) is 28.4 Å². The van der Waals surface area contributed by atoms with Crippen LogP contribution in [-0.2, 0) is 9.59 Å². The molecule has 1 aliphatic heterocycles. The predicted molar refractivity (Wildman–Crippen MR) is 103 cm³/mol. The largest absolute Gasteiger partial charge is 0.497 e. The zero-order valence-electron chi connectivity index (χ0n) is 16.2. The first-order valence-corrected chi connectivity index (χ1v) is 9.13. The molecule has 27 heavy (non-hydrogen) atoms. The summed E-state index contributed by atoms with van der Waals surface area (Å²) < 4.78 is 5.34. The molecule has 1 saturated heterocycles. The highest BCUT2D eigenvalue weighted by Crippen LogP contribution is 2.28. The maximum atomic E-state index is 12.4. The zero-order chi connectivity index (χ0) is 19.8. The molecule has 1 heterocycles. The van der Waals surface area contributed by atoms with Crippen LogP contribution in [0.2, 0.25) is 0 Å². The third kappa shape index (κ3) is 5.60. The van der Waals surface area contributed by atoms with Crippen LogP contribution in [0, 0.1) is 6.92 Å². The highest BCUT2D eigenvalue weighted by atomic mass is 16.5. The van der Waals surface area contributed by atoms with Crippen molar-refractivity contribution in [1.82, 2.24) is 15.5 Å². The Labute approximate surface area is 159 Å². The van der Waals surface area contributed by atoms with Crippen LogP contribution < -0.4 is 20.3 Å². The Bertz CT molecular complexity index is 680. The fraction of sp³-hybridized carbons (Fsp3) is 0.526. The van der Waals surface area contributed by atoms with Crippen molar-refractivity contribution in [1.29, 1.82) is 0 Å². The van der Waals surface area contributed by atoms with E-state index in [-0.39, 0.29) is 11.9 Å². The van der Waals surface area contributed by atoms with Gasteiger partial charge in [0.15, 0.2) is 0 Å². The van der Waals surface area contributed by atoms with E-state index >= 15 is 0 Å². The van der Waals surface area contributed by atoms with Gasteiger partial charge in [-0.25, -0.2) is 4.79 Å². The molecular formula is C19H28N4O4. The summed E-state index contributed by atoms with van der Waals surface area (Å²) in [6.45, 7) is 6.63. The summed E-state index contributed by atoms with van der Waals surface area (Å²) in [5.41, 5.74) is 2.32. The quantitative estimate of drug-likeness (QED) is 0.553. The van der Waals surface area contributed by atoms with E-state index in [0.717, 1.165) is 18.0 Å². The van der Waals surface area contributed by atoms with Gasteiger partial charge in [0.2, 0.25) is 12.3 Å². The first-order valence-electron chi connectivity index (χ1n) is 9.13. The molecule has 2 rings (SSSR count). The molecule has 1 aliphatic rings. The highest BCUT2D eigenvalue weighted by Gasteiger charge is 2.27. The Morgan fingerprint density at radius 3 is 2.78 bits per heavy atom. The second kappa shape index (κ2) is 9.80. The lowest BCUT2D eigenvalue weighted by atomic mass is 10.1. The minimum atomic E-state index is -0.548. The molecule has 0 aromatic heterocycles. The van der Waals surface area contributed by atoms with Gasteiger partial charge in [-0.1, -0.05) is 6.07 Å². The van der Waals surface area contributed by atoms with E-state index in [2.05, 4.69) is 24.1 Å². The van der Waals surface area contributed by atoms with Gasteiger partial charge in [0, 0.05) is 50.4 Å². The maximum Gasteiger partial charge on any atom is 0.321 e. The van der Waals surface area contributed by atoms with E-state index in [4.69, 9.17) is 4.74 Å². The number of hydrogen-bond donors (Lipinski definition) is 2. The van der Waals surface area contributed by atoms with Crippen LogP contribution >= 0.6 is 0 Å². The second-order valence-electron chi connectivity index (χ2n) is 6.66. The number of nitrogens with zero attached hydrogens (tertiary/aromatic N) is 2. The lowest BCUT2D eigenvalue weighted by Gasteiger charge is -2.42. The van der Waals surface area contributed by atoms with Gasteiger partial charge in [0.25, 0.3) is 0 Å². The van der Waals surface area contributed by atoms with Gasteiger partial charge in [-0.15, -0.1) is 0 Å². The Kier molecular flexibility index (Phi) is 7.45. The van der Waals surface area contributed by atoms with E-state index in [1.165, 1.54) is 5.56 Å². The lowest BCUT2D eigenvalue weighted by molar-refractivity contribution is -0.132. The van der Waals surface area contributed by atoms with Gasteiger partial charge < -0.3 is 19.9 Å². The van der Waals surface area contributed by atoms with Crippen molar-refractivity contribution in [2.45, 2.75) is 32.7 Å². The summed E-state index contributed by atoms with van der Waals surface area (Å²) in [7, 11) is 1.66. The molecule has 1 atom stereocenters. The van der Waals surface area contributed by atoms with Gasteiger partial charge in [0.05, 0.1) is 7.11 Å². The molecule has 0 radical (unpaired) electrons. The first-order chi connectivity index (χ1) is 13.0. The van der Waals surface area contributed by atoms with Gasteiger partial charge >= 0.3 is 6.03 Å². The molecule has 8 nitrogen and oxygen atoms in total. The van der Waals surface area contributed by atoms with Gasteiger partial charge in [0.1, 0.15) is 5.75 Å². The molecule has 0 saturated carbocycles. The van der Waals surface area contributed by atoms with E-state index in [9.17, 15) is 14.4 Å². The number of carbonyl (C=O) groups is 3. The summed E-state index contributed by atoms with van der Waals surface area (Å²) in [4.78, 5) is 37.9. The van der Waals surface area contributed by atoms with Crippen LogP contribution in [0.25, 0.3) is 0 Å². The molecule has 1 fully saturated rings. The molecule has 0 spiro atoms. The number of anilines is 1. The number of benzene rings is 1. The summed E-state index contributed by atoms with van der Waals surface area (Å²) >= 11 is 0.